The third kappa shape index (κ3) is 1.90. The Hall–Kier alpha value is -1.17. The van der Waals surface area contributed by atoms with Crippen molar-refractivity contribution in [2.24, 2.45) is 0 Å². The third-order valence-corrected chi connectivity index (χ3v) is 2.41. The van der Waals surface area contributed by atoms with Crippen LogP contribution in [-0.2, 0) is 0 Å². The second-order valence-corrected chi connectivity index (χ2v) is 3.77. The maximum absolute atomic E-state index is 13.3. The molecule has 1 aromatic rings. The van der Waals surface area contributed by atoms with E-state index in [4.69, 9.17) is 20.4 Å². The van der Waals surface area contributed by atoms with E-state index in [0.29, 0.717) is 0 Å². The van der Waals surface area contributed by atoms with Crippen LogP contribution in [0.2, 0.25) is 0 Å². The molecule has 86 valence electrons. The Bertz CT molecular complexity index is 450. The van der Waals surface area contributed by atoms with Gasteiger partial charge < -0.3 is 10.1 Å². The third-order valence-electron chi connectivity index (χ3n) is 2.41. The molecular weight excluding hydrogens is 236 g/mol. The van der Waals surface area contributed by atoms with Crippen LogP contribution in [0.3, 0.4) is 0 Å². The molecule has 0 aliphatic carbocycles. The van der Waals surface area contributed by atoms with Crippen molar-refractivity contribution in [1.29, 1.82) is 0 Å². The van der Waals surface area contributed by atoms with E-state index in [1.807, 2.05) is 0 Å². The SMILES string of the molecule is [B]c1c(F)c(F)c(OC2([B])CNC2)c(F)c1F. The predicted molar refractivity (Wildman–Crippen MR) is 53.6 cm³/mol. The minimum absolute atomic E-state index is 0.111. The lowest BCUT2D eigenvalue weighted by Crippen LogP contribution is -2.63. The van der Waals surface area contributed by atoms with Gasteiger partial charge in [-0.25, -0.2) is 8.78 Å². The van der Waals surface area contributed by atoms with Gasteiger partial charge in [-0.05, 0) is 5.46 Å². The van der Waals surface area contributed by atoms with E-state index in [2.05, 4.69) is 5.32 Å². The maximum atomic E-state index is 13.3. The first kappa shape index (κ1) is 12.3. The molecule has 0 unspecified atom stereocenters. The van der Waals surface area contributed by atoms with Gasteiger partial charge in [-0.15, -0.1) is 0 Å². The molecular formula is C9H5B2F4NO. The number of nitrogens with one attached hydrogen (secondary N) is 1. The Morgan fingerprint density at radius 3 is 1.82 bits per heavy atom. The first-order valence-corrected chi connectivity index (χ1v) is 4.66. The zero-order chi connectivity index (χ0) is 12.8. The summed E-state index contributed by atoms with van der Waals surface area (Å²) < 4.78 is 57.6. The summed E-state index contributed by atoms with van der Waals surface area (Å²) in [5.41, 5.74) is -2.61. The molecule has 17 heavy (non-hydrogen) atoms. The van der Waals surface area contributed by atoms with Crippen LogP contribution in [0.15, 0.2) is 0 Å². The molecule has 1 fully saturated rings. The van der Waals surface area contributed by atoms with Crippen LogP contribution in [0, 0.1) is 23.3 Å². The summed E-state index contributed by atoms with van der Waals surface area (Å²) in [4.78, 5) is 0. The number of hydrogen-bond donors (Lipinski definition) is 1. The summed E-state index contributed by atoms with van der Waals surface area (Å²) in [6, 6.07) is 0. The largest absolute Gasteiger partial charge is 0.489 e. The quantitative estimate of drug-likeness (QED) is 0.442. The molecule has 4 radical (unpaired) electrons. The molecule has 1 heterocycles. The number of halogens is 4. The van der Waals surface area contributed by atoms with Gasteiger partial charge in [0.2, 0.25) is 11.6 Å². The fourth-order valence-electron chi connectivity index (χ4n) is 1.36. The van der Waals surface area contributed by atoms with Crippen molar-refractivity contribution in [2.75, 3.05) is 13.1 Å². The summed E-state index contributed by atoms with van der Waals surface area (Å²) in [7, 11) is 10.4. The summed E-state index contributed by atoms with van der Waals surface area (Å²) in [6.45, 7) is 0.221. The molecule has 0 saturated carbocycles. The highest BCUT2D eigenvalue weighted by molar-refractivity contribution is 6.32. The normalized spacial score (nSPS) is 17.6. The van der Waals surface area contributed by atoms with Crippen LogP contribution >= 0.6 is 0 Å². The van der Waals surface area contributed by atoms with Gasteiger partial charge in [0, 0.05) is 13.1 Å². The van der Waals surface area contributed by atoms with E-state index >= 15 is 0 Å². The summed E-state index contributed by atoms with van der Waals surface area (Å²) >= 11 is 0. The van der Waals surface area contributed by atoms with Crippen molar-refractivity contribution < 1.29 is 22.3 Å². The van der Waals surface area contributed by atoms with Gasteiger partial charge in [-0.2, -0.15) is 8.78 Å². The topological polar surface area (TPSA) is 21.3 Å². The van der Waals surface area contributed by atoms with Crippen molar-refractivity contribution in [2.45, 2.75) is 5.50 Å². The van der Waals surface area contributed by atoms with Crippen molar-refractivity contribution in [3.8, 4) is 5.75 Å². The summed E-state index contributed by atoms with van der Waals surface area (Å²) in [6.07, 6.45) is 0. The second-order valence-electron chi connectivity index (χ2n) is 3.77. The highest BCUT2D eigenvalue weighted by Gasteiger charge is 2.36. The fraction of sp³-hybridized carbons (Fsp3) is 0.333. The molecule has 1 aromatic carbocycles. The molecule has 0 aromatic heterocycles. The molecule has 1 aliphatic heterocycles. The Labute approximate surface area is 97.1 Å². The smallest absolute Gasteiger partial charge is 0.203 e. The monoisotopic (exact) mass is 241 g/mol. The Morgan fingerprint density at radius 1 is 1.00 bits per heavy atom. The molecule has 8 heteroatoms. The summed E-state index contributed by atoms with van der Waals surface area (Å²) in [5.74, 6) is -7.99. The van der Waals surface area contributed by atoms with E-state index in [9.17, 15) is 17.6 Å². The van der Waals surface area contributed by atoms with Gasteiger partial charge in [0.1, 0.15) is 15.7 Å². The molecule has 2 rings (SSSR count). The van der Waals surface area contributed by atoms with Gasteiger partial charge >= 0.3 is 0 Å². The van der Waals surface area contributed by atoms with E-state index in [-0.39, 0.29) is 13.1 Å². The zero-order valence-corrected chi connectivity index (χ0v) is 8.49. The molecule has 1 N–H and O–H groups in total. The Balaban J connectivity index is 2.46. The van der Waals surface area contributed by atoms with Gasteiger partial charge in [0.25, 0.3) is 0 Å². The van der Waals surface area contributed by atoms with Crippen LogP contribution in [0.25, 0.3) is 0 Å². The lowest BCUT2D eigenvalue weighted by atomic mass is 9.76. The lowest BCUT2D eigenvalue weighted by molar-refractivity contribution is 0.0857. The van der Waals surface area contributed by atoms with Gasteiger partial charge in [0.05, 0.1) is 5.50 Å². The van der Waals surface area contributed by atoms with Crippen LogP contribution in [0.4, 0.5) is 17.6 Å². The molecule has 0 spiro atoms. The number of benzene rings is 1. The second kappa shape index (κ2) is 3.94. The molecule has 2 nitrogen and oxygen atoms in total. The molecule has 0 amide bonds. The average Bonchev–Trinajstić information content (AvgIpc) is 2.27. The molecule has 0 bridgehead atoms. The zero-order valence-electron chi connectivity index (χ0n) is 8.49. The first-order chi connectivity index (χ1) is 7.86. The average molecular weight is 241 g/mol. The van der Waals surface area contributed by atoms with Crippen LogP contribution in [-0.4, -0.2) is 34.3 Å². The lowest BCUT2D eigenvalue weighted by Gasteiger charge is -2.40. The van der Waals surface area contributed by atoms with Crippen molar-refractivity contribution in [3.05, 3.63) is 23.3 Å². The maximum Gasteiger partial charge on any atom is 0.203 e. The summed E-state index contributed by atoms with van der Waals surface area (Å²) in [5, 5.41) is 2.69. The standard InChI is InChI=1S/C9H5B2F4NO/c10-3-4(12)6(14)8(7(15)5(3)13)17-9(11)1-16-2-9/h16H,1-2H2. The van der Waals surface area contributed by atoms with Gasteiger partial charge in [-0.3, -0.25) is 0 Å². The number of rotatable bonds is 2. The predicted octanol–water partition coefficient (Wildman–Crippen LogP) is -0.116. The van der Waals surface area contributed by atoms with Gasteiger partial charge in [-0.1, -0.05) is 0 Å². The minimum Gasteiger partial charge on any atom is -0.489 e. The van der Waals surface area contributed by atoms with E-state index in [0.717, 1.165) is 0 Å². The Morgan fingerprint density at radius 2 is 1.47 bits per heavy atom. The van der Waals surface area contributed by atoms with Crippen LogP contribution < -0.4 is 15.5 Å². The fourth-order valence-corrected chi connectivity index (χ4v) is 1.36. The highest BCUT2D eigenvalue weighted by Crippen LogP contribution is 2.28. The molecule has 1 saturated heterocycles. The van der Waals surface area contributed by atoms with Gasteiger partial charge in [0.15, 0.2) is 17.4 Å². The minimum atomic E-state index is -1.70. The molecule has 0 atom stereocenters. The first-order valence-electron chi connectivity index (χ1n) is 4.66. The van der Waals surface area contributed by atoms with E-state index in [1.54, 1.807) is 0 Å². The van der Waals surface area contributed by atoms with E-state index in [1.165, 1.54) is 0 Å². The Kier molecular flexibility index (Phi) is 2.85. The van der Waals surface area contributed by atoms with E-state index < -0.39 is 40.0 Å². The van der Waals surface area contributed by atoms with Crippen LogP contribution in [0.5, 0.6) is 5.75 Å². The van der Waals surface area contributed by atoms with Crippen molar-refractivity contribution in [1.82, 2.24) is 5.32 Å². The number of ether oxygens (including phenoxy) is 1. The highest BCUT2D eigenvalue weighted by atomic mass is 19.2. The van der Waals surface area contributed by atoms with Crippen molar-refractivity contribution >= 4 is 21.2 Å². The molecule has 1 aliphatic rings. The van der Waals surface area contributed by atoms with Crippen LogP contribution in [0.1, 0.15) is 0 Å². The van der Waals surface area contributed by atoms with Crippen molar-refractivity contribution in [3.63, 3.8) is 0 Å². The number of hydrogen-bond acceptors (Lipinski definition) is 2.